The van der Waals surface area contributed by atoms with E-state index >= 15 is 0 Å². The molecule has 2 heterocycles. The molecule has 0 aromatic carbocycles. The molecule has 0 spiro atoms. The first-order chi connectivity index (χ1) is 11.9. The number of hydrogen-bond donors (Lipinski definition) is 0. The van der Waals surface area contributed by atoms with E-state index in [1.165, 1.54) is 19.2 Å². The molecule has 0 atom stereocenters. The molecular weight excluding hydrogens is 360 g/mol. The highest BCUT2D eigenvalue weighted by Crippen LogP contribution is 2.36. The van der Waals surface area contributed by atoms with Crippen molar-refractivity contribution in [3.8, 4) is 5.88 Å². The molecule has 2 rings (SSSR count). The van der Waals surface area contributed by atoms with Crippen molar-refractivity contribution >= 4 is 15.8 Å². The number of rotatable bonds is 6. The molecule has 1 aromatic heterocycles. The van der Waals surface area contributed by atoms with E-state index in [0.717, 1.165) is 0 Å². The lowest BCUT2D eigenvalue weighted by atomic mass is 9.87. The highest BCUT2D eigenvalue weighted by atomic mass is 32.2. The highest BCUT2D eigenvalue weighted by molar-refractivity contribution is 7.91. The first kappa shape index (κ1) is 20.6. The van der Waals surface area contributed by atoms with Crippen LogP contribution in [-0.4, -0.2) is 54.8 Å². The minimum atomic E-state index is -3.70. The Morgan fingerprint density at radius 3 is 2.31 bits per heavy atom. The van der Waals surface area contributed by atoms with Gasteiger partial charge in [0, 0.05) is 18.9 Å². The molecule has 0 radical (unpaired) electrons. The Morgan fingerprint density at radius 2 is 1.81 bits per heavy atom. The Hall–Kier alpha value is -1.74. The van der Waals surface area contributed by atoms with E-state index in [1.54, 1.807) is 0 Å². The van der Waals surface area contributed by atoms with E-state index in [4.69, 9.17) is 9.47 Å². The number of nitrogens with zero attached hydrogens (tertiary/aromatic N) is 2. The Bertz CT molecular complexity index is 727. The summed E-state index contributed by atoms with van der Waals surface area (Å²) in [7, 11) is -2.49. The van der Waals surface area contributed by atoms with Crippen LogP contribution < -0.4 is 4.74 Å². The fourth-order valence-electron chi connectivity index (χ4n) is 3.21. The smallest absolute Gasteiger partial charge is 0.306 e. The highest BCUT2D eigenvalue weighted by Gasteiger charge is 2.40. The predicted molar refractivity (Wildman–Crippen MR) is 93.6 cm³/mol. The molecule has 1 aliphatic rings. The lowest BCUT2D eigenvalue weighted by Gasteiger charge is -2.44. The zero-order chi connectivity index (χ0) is 19.6. The van der Waals surface area contributed by atoms with Crippen LogP contribution in [0.3, 0.4) is 0 Å². The summed E-state index contributed by atoms with van der Waals surface area (Å²) in [4.78, 5) is 11.1. The fourth-order valence-corrected chi connectivity index (χ4v) is 4.30. The summed E-state index contributed by atoms with van der Waals surface area (Å²) >= 11 is 0. The average Bonchev–Trinajstić information content (AvgIpc) is 2.50. The van der Waals surface area contributed by atoms with Gasteiger partial charge in [-0.2, -0.15) is 0 Å². The van der Waals surface area contributed by atoms with Crippen LogP contribution in [0.4, 0.5) is 0 Å². The van der Waals surface area contributed by atoms with Crippen molar-refractivity contribution in [1.82, 2.24) is 10.2 Å². The van der Waals surface area contributed by atoms with E-state index in [1.807, 2.05) is 27.7 Å². The zero-order valence-electron chi connectivity index (χ0n) is 15.8. The van der Waals surface area contributed by atoms with Gasteiger partial charge in [0.25, 0.3) is 0 Å². The van der Waals surface area contributed by atoms with Crippen LogP contribution in [-0.2, 0) is 24.1 Å². The van der Waals surface area contributed by atoms with Gasteiger partial charge in [0.15, 0.2) is 14.9 Å². The second kappa shape index (κ2) is 7.48. The third-order valence-electron chi connectivity index (χ3n) is 4.02. The maximum atomic E-state index is 12.2. The van der Waals surface area contributed by atoms with E-state index in [2.05, 4.69) is 14.9 Å². The molecule has 1 aromatic rings. The van der Waals surface area contributed by atoms with Gasteiger partial charge in [0.2, 0.25) is 5.88 Å². The van der Waals surface area contributed by atoms with Crippen molar-refractivity contribution in [3.05, 3.63) is 12.1 Å². The third kappa shape index (κ3) is 5.63. The molecule has 0 bridgehead atoms. The predicted octanol–water partition coefficient (Wildman–Crippen LogP) is 1.93. The van der Waals surface area contributed by atoms with Crippen molar-refractivity contribution in [2.75, 3.05) is 12.9 Å². The van der Waals surface area contributed by atoms with Crippen molar-refractivity contribution < 1.29 is 27.4 Å². The summed E-state index contributed by atoms with van der Waals surface area (Å²) in [6.45, 7) is 8.03. The molecule has 0 unspecified atom stereocenters. The largest absolute Gasteiger partial charge is 0.473 e. The number of aromatic nitrogens is 2. The quantitative estimate of drug-likeness (QED) is 0.683. The molecule has 1 fully saturated rings. The van der Waals surface area contributed by atoms with Crippen LogP contribution >= 0.6 is 0 Å². The van der Waals surface area contributed by atoms with Gasteiger partial charge < -0.3 is 14.2 Å². The maximum absolute atomic E-state index is 12.2. The van der Waals surface area contributed by atoms with Gasteiger partial charge in [-0.3, -0.25) is 4.79 Å². The molecule has 1 saturated heterocycles. The van der Waals surface area contributed by atoms with E-state index in [0.29, 0.717) is 12.8 Å². The molecule has 8 nitrogen and oxygen atoms in total. The summed E-state index contributed by atoms with van der Waals surface area (Å²) in [5, 5.41) is 7.43. The molecule has 1 aliphatic heterocycles. The van der Waals surface area contributed by atoms with Gasteiger partial charge in [-0.25, -0.2) is 8.42 Å². The van der Waals surface area contributed by atoms with Crippen LogP contribution in [0.25, 0.3) is 0 Å². The molecule has 26 heavy (non-hydrogen) atoms. The number of hydrogen-bond acceptors (Lipinski definition) is 8. The van der Waals surface area contributed by atoms with Crippen molar-refractivity contribution in [1.29, 1.82) is 0 Å². The minimum Gasteiger partial charge on any atom is -0.473 e. The molecular formula is C17H26N2O6S. The molecule has 0 N–H and O–H groups in total. The normalized spacial score (nSPS) is 19.7. The first-order valence-corrected chi connectivity index (χ1v) is 10.1. The van der Waals surface area contributed by atoms with Gasteiger partial charge in [-0.05, 0) is 33.8 Å². The number of sulfone groups is 1. The molecule has 9 heteroatoms. The van der Waals surface area contributed by atoms with Crippen molar-refractivity contribution in [2.24, 2.45) is 0 Å². The third-order valence-corrected chi connectivity index (χ3v) is 5.61. The molecule has 146 valence electrons. The van der Waals surface area contributed by atoms with Gasteiger partial charge in [0.1, 0.15) is 6.10 Å². The van der Waals surface area contributed by atoms with E-state index < -0.39 is 15.8 Å². The Morgan fingerprint density at radius 1 is 1.19 bits per heavy atom. The SMILES string of the molecule is COC(=O)CCS(=O)(=O)c1ccc(OC2CC(C)(C)OC(C)(C)C2)nn1. The first-order valence-electron chi connectivity index (χ1n) is 8.43. The number of carbonyl (C=O) groups excluding carboxylic acids is 1. The van der Waals surface area contributed by atoms with E-state index in [9.17, 15) is 13.2 Å². The van der Waals surface area contributed by atoms with Crippen LogP contribution in [0.1, 0.15) is 47.0 Å². The van der Waals surface area contributed by atoms with Crippen LogP contribution in [0, 0.1) is 0 Å². The summed E-state index contributed by atoms with van der Waals surface area (Å²) in [6.07, 6.45) is 1.05. The second-order valence-corrected chi connectivity index (χ2v) is 9.68. The second-order valence-electron chi connectivity index (χ2n) is 7.62. The lowest BCUT2D eigenvalue weighted by Crippen LogP contribution is -2.49. The molecule has 0 amide bonds. The van der Waals surface area contributed by atoms with Crippen LogP contribution in [0.15, 0.2) is 17.2 Å². The number of carbonyl (C=O) groups is 1. The summed E-state index contributed by atoms with van der Waals surface area (Å²) in [6, 6.07) is 2.82. The maximum Gasteiger partial charge on any atom is 0.306 e. The fraction of sp³-hybridized carbons (Fsp3) is 0.706. The van der Waals surface area contributed by atoms with Crippen molar-refractivity contribution in [3.63, 3.8) is 0 Å². The average molecular weight is 386 g/mol. The number of ether oxygens (including phenoxy) is 3. The molecule has 0 saturated carbocycles. The van der Waals surface area contributed by atoms with Gasteiger partial charge in [0.05, 0.1) is 30.5 Å². The van der Waals surface area contributed by atoms with E-state index in [-0.39, 0.29) is 40.4 Å². The Balaban J connectivity index is 2.04. The van der Waals surface area contributed by atoms with Gasteiger partial charge in [-0.15, -0.1) is 10.2 Å². The summed E-state index contributed by atoms with van der Waals surface area (Å²) in [5.74, 6) is -0.710. The minimum absolute atomic E-state index is 0.107. The number of methoxy groups -OCH3 is 1. The van der Waals surface area contributed by atoms with Gasteiger partial charge in [-0.1, -0.05) is 0 Å². The van der Waals surface area contributed by atoms with Crippen LogP contribution in [0.2, 0.25) is 0 Å². The topological polar surface area (TPSA) is 105 Å². The van der Waals surface area contributed by atoms with Gasteiger partial charge >= 0.3 is 5.97 Å². The lowest BCUT2D eigenvalue weighted by molar-refractivity contribution is -0.182. The Labute approximate surface area is 154 Å². The Kier molecular flexibility index (Phi) is 5.92. The monoisotopic (exact) mass is 386 g/mol. The standard InChI is InChI=1S/C17H26N2O6S/c1-16(2)10-12(11-17(3,4)25-16)24-13-6-7-14(19-18-13)26(21,22)9-8-15(20)23-5/h6-7,12H,8-11H2,1-5H3. The summed E-state index contributed by atoms with van der Waals surface area (Å²) < 4.78 is 40.7. The molecule has 0 aliphatic carbocycles. The number of esters is 1. The van der Waals surface area contributed by atoms with Crippen molar-refractivity contribution in [2.45, 2.75) is 69.3 Å². The van der Waals surface area contributed by atoms with Crippen LogP contribution in [0.5, 0.6) is 5.88 Å². The summed E-state index contributed by atoms with van der Waals surface area (Å²) in [5.41, 5.74) is -0.645. The zero-order valence-corrected chi connectivity index (χ0v) is 16.6.